The molecule has 0 radical (unpaired) electrons. The van der Waals surface area contributed by atoms with Crippen molar-refractivity contribution >= 4 is 5.97 Å². The van der Waals surface area contributed by atoms with E-state index >= 15 is 0 Å². The van der Waals surface area contributed by atoms with Gasteiger partial charge in [0.25, 0.3) is 0 Å². The molecule has 0 saturated carbocycles. The zero-order chi connectivity index (χ0) is 34.9. The minimum atomic E-state index is -0.412. The molecule has 0 unspecified atom stereocenters. The Hall–Kier alpha value is -1.27. The second kappa shape index (κ2) is 41.9. The third-order valence-corrected chi connectivity index (χ3v) is 6.04. The number of carbonyl (C=O) groups is 1. The fraction of sp³-hybridized carbons (Fsp3) is 0.912. The highest BCUT2D eigenvalue weighted by Gasteiger charge is 2.02. The topological polar surface area (TPSA) is 137 Å². The SMILES string of the molecule is C=C(C)C(=O)OCCOCCOCCOCCOCCOCCOCCOCCOCCOCCOCCOCCOCCCCCC. The van der Waals surface area contributed by atoms with Gasteiger partial charge in [-0.2, -0.15) is 0 Å². The Morgan fingerprint density at radius 2 is 0.583 bits per heavy atom. The molecule has 0 aromatic rings. The average Bonchev–Trinajstić information content (AvgIpc) is 3.08. The highest BCUT2D eigenvalue weighted by Crippen LogP contribution is 1.98. The summed E-state index contributed by atoms with van der Waals surface area (Å²) in [5, 5.41) is 0. The standard InChI is InChI=1S/C34H66O14/c1-4-5-6-7-8-36-9-10-37-11-12-38-13-14-39-15-16-40-17-18-41-19-20-42-21-22-43-23-24-44-25-26-45-27-28-46-29-30-47-31-32-48-34(35)33(2)3/h2,4-32H2,1,3H3. The van der Waals surface area contributed by atoms with E-state index in [9.17, 15) is 4.79 Å². The van der Waals surface area contributed by atoms with E-state index in [1.807, 2.05) is 0 Å². The van der Waals surface area contributed by atoms with Crippen LogP contribution in [-0.4, -0.2) is 171 Å². The summed E-state index contributed by atoms with van der Waals surface area (Å²) < 4.78 is 70.4. The molecule has 0 aromatic carbocycles. The molecule has 0 N–H and O–H groups in total. The molecule has 0 aliphatic carbocycles. The molecule has 0 aromatic heterocycles. The van der Waals surface area contributed by atoms with Gasteiger partial charge in [-0.15, -0.1) is 0 Å². The second-order valence-electron chi connectivity index (χ2n) is 10.3. The maximum atomic E-state index is 11.2. The third kappa shape index (κ3) is 40.9. The third-order valence-electron chi connectivity index (χ3n) is 6.04. The Balaban J connectivity index is 3.07. The van der Waals surface area contributed by atoms with Crippen molar-refractivity contribution in [1.82, 2.24) is 0 Å². The Morgan fingerprint density at radius 3 is 0.812 bits per heavy atom. The summed E-state index contributed by atoms with van der Waals surface area (Å²) in [6.45, 7) is 19.9. The van der Waals surface area contributed by atoms with Crippen molar-refractivity contribution in [2.75, 3.05) is 165 Å². The van der Waals surface area contributed by atoms with Crippen LogP contribution in [0.1, 0.15) is 39.5 Å². The maximum absolute atomic E-state index is 11.2. The molecule has 0 saturated heterocycles. The van der Waals surface area contributed by atoms with E-state index in [-0.39, 0.29) is 6.61 Å². The summed E-state index contributed by atoms with van der Waals surface area (Å²) in [5.74, 6) is -0.412. The van der Waals surface area contributed by atoms with Crippen LogP contribution in [0.4, 0.5) is 0 Å². The molecule has 0 aliphatic rings. The fourth-order valence-corrected chi connectivity index (χ4v) is 3.47. The number of rotatable bonds is 42. The van der Waals surface area contributed by atoms with E-state index in [1.165, 1.54) is 19.3 Å². The molecule has 14 heteroatoms. The number of esters is 1. The lowest BCUT2D eigenvalue weighted by Gasteiger charge is -2.09. The number of ether oxygens (including phenoxy) is 13. The zero-order valence-corrected chi connectivity index (χ0v) is 29.9. The number of carbonyl (C=O) groups excluding carboxylic acids is 1. The minimum absolute atomic E-state index is 0.199. The molecule has 0 aliphatic heterocycles. The lowest BCUT2D eigenvalue weighted by Crippen LogP contribution is -2.16. The van der Waals surface area contributed by atoms with Crippen LogP contribution in [0.5, 0.6) is 0 Å². The van der Waals surface area contributed by atoms with Gasteiger partial charge in [-0.1, -0.05) is 32.8 Å². The number of hydrogen-bond donors (Lipinski definition) is 0. The normalized spacial score (nSPS) is 11.4. The lowest BCUT2D eigenvalue weighted by molar-refractivity contribution is -0.140. The first kappa shape index (κ1) is 46.7. The van der Waals surface area contributed by atoms with Gasteiger partial charge >= 0.3 is 5.97 Å². The summed E-state index contributed by atoms with van der Waals surface area (Å²) in [6, 6.07) is 0. The fourth-order valence-electron chi connectivity index (χ4n) is 3.47. The van der Waals surface area contributed by atoms with Crippen LogP contribution in [0.25, 0.3) is 0 Å². The van der Waals surface area contributed by atoms with Crippen LogP contribution < -0.4 is 0 Å². The van der Waals surface area contributed by atoms with Crippen LogP contribution in [0.15, 0.2) is 12.2 Å². The van der Waals surface area contributed by atoms with Gasteiger partial charge in [0.2, 0.25) is 0 Å². The van der Waals surface area contributed by atoms with Crippen molar-refractivity contribution in [2.45, 2.75) is 39.5 Å². The molecule has 0 spiro atoms. The van der Waals surface area contributed by atoms with E-state index < -0.39 is 5.97 Å². The van der Waals surface area contributed by atoms with Crippen molar-refractivity contribution in [3.8, 4) is 0 Å². The predicted octanol–water partition coefficient (Wildman–Crippen LogP) is 2.89. The highest BCUT2D eigenvalue weighted by molar-refractivity contribution is 5.86. The molecule has 0 atom stereocenters. The largest absolute Gasteiger partial charge is 0.460 e. The number of unbranched alkanes of at least 4 members (excludes halogenated alkanes) is 3. The molecular formula is C34H66O14. The van der Waals surface area contributed by atoms with Gasteiger partial charge in [0.1, 0.15) is 6.61 Å². The van der Waals surface area contributed by atoms with Crippen molar-refractivity contribution in [2.24, 2.45) is 0 Å². The first-order valence-electron chi connectivity index (χ1n) is 17.4. The molecule has 0 amide bonds. The summed E-state index contributed by atoms with van der Waals surface area (Å²) in [6.07, 6.45) is 4.88. The molecule has 0 bridgehead atoms. The van der Waals surface area contributed by atoms with Crippen LogP contribution in [0, 0.1) is 0 Å². The molecule has 0 fully saturated rings. The summed E-state index contributed by atoms with van der Waals surface area (Å²) in [7, 11) is 0. The van der Waals surface area contributed by atoms with Gasteiger partial charge < -0.3 is 61.6 Å². The summed E-state index contributed by atoms with van der Waals surface area (Å²) in [5.41, 5.74) is 0.370. The van der Waals surface area contributed by atoms with Gasteiger partial charge in [0, 0.05) is 12.2 Å². The van der Waals surface area contributed by atoms with Crippen LogP contribution in [0.2, 0.25) is 0 Å². The van der Waals surface area contributed by atoms with E-state index in [2.05, 4.69) is 13.5 Å². The average molecular weight is 699 g/mol. The Labute approximate surface area is 289 Å². The van der Waals surface area contributed by atoms with Gasteiger partial charge in [-0.3, -0.25) is 0 Å². The van der Waals surface area contributed by atoms with Crippen molar-refractivity contribution in [3.05, 3.63) is 12.2 Å². The Bertz CT molecular complexity index is 655. The smallest absolute Gasteiger partial charge is 0.333 e. The molecule has 286 valence electrons. The molecule has 0 rings (SSSR count). The number of hydrogen-bond acceptors (Lipinski definition) is 14. The maximum Gasteiger partial charge on any atom is 0.333 e. The van der Waals surface area contributed by atoms with E-state index in [0.717, 1.165) is 13.0 Å². The van der Waals surface area contributed by atoms with Crippen LogP contribution in [0.3, 0.4) is 0 Å². The second-order valence-corrected chi connectivity index (χ2v) is 10.3. The van der Waals surface area contributed by atoms with E-state index in [4.69, 9.17) is 61.6 Å². The predicted molar refractivity (Wildman–Crippen MR) is 180 cm³/mol. The van der Waals surface area contributed by atoms with Crippen molar-refractivity contribution in [3.63, 3.8) is 0 Å². The molecule has 14 nitrogen and oxygen atoms in total. The van der Waals surface area contributed by atoms with E-state index in [0.29, 0.717) is 158 Å². The zero-order valence-electron chi connectivity index (χ0n) is 29.9. The minimum Gasteiger partial charge on any atom is -0.460 e. The van der Waals surface area contributed by atoms with Crippen molar-refractivity contribution in [1.29, 1.82) is 0 Å². The van der Waals surface area contributed by atoms with Gasteiger partial charge in [0.05, 0.1) is 152 Å². The molecule has 0 heterocycles. The quantitative estimate of drug-likeness (QED) is 0.0525. The Kier molecular flexibility index (Phi) is 40.8. The van der Waals surface area contributed by atoms with Gasteiger partial charge in [-0.05, 0) is 13.3 Å². The van der Waals surface area contributed by atoms with Crippen LogP contribution in [-0.2, 0) is 66.4 Å². The van der Waals surface area contributed by atoms with Crippen LogP contribution >= 0.6 is 0 Å². The van der Waals surface area contributed by atoms with E-state index in [1.54, 1.807) is 6.92 Å². The molecular weight excluding hydrogens is 632 g/mol. The van der Waals surface area contributed by atoms with Gasteiger partial charge in [-0.25, -0.2) is 4.79 Å². The highest BCUT2D eigenvalue weighted by atomic mass is 16.6. The summed E-state index contributed by atoms with van der Waals surface area (Å²) >= 11 is 0. The van der Waals surface area contributed by atoms with Crippen molar-refractivity contribution < 1.29 is 66.4 Å². The Morgan fingerprint density at radius 1 is 0.354 bits per heavy atom. The van der Waals surface area contributed by atoms with Gasteiger partial charge in [0.15, 0.2) is 0 Å². The monoisotopic (exact) mass is 698 g/mol. The molecule has 48 heavy (non-hydrogen) atoms. The first-order chi connectivity index (χ1) is 23.7. The first-order valence-corrected chi connectivity index (χ1v) is 17.4. The summed E-state index contributed by atoms with van der Waals surface area (Å²) in [4.78, 5) is 11.2. The lowest BCUT2D eigenvalue weighted by atomic mass is 10.2.